The zero-order chi connectivity index (χ0) is 25.5. The second-order valence-electron chi connectivity index (χ2n) is 8.39. The van der Waals surface area contributed by atoms with E-state index in [4.69, 9.17) is 14.2 Å². The Balaban J connectivity index is 1.59. The average Bonchev–Trinajstić information content (AvgIpc) is 3.15. The van der Waals surface area contributed by atoms with Gasteiger partial charge in [0.25, 0.3) is 5.91 Å². The smallest absolute Gasteiger partial charge is 0.340 e. The summed E-state index contributed by atoms with van der Waals surface area (Å²) < 4.78 is 16.5. The van der Waals surface area contributed by atoms with Gasteiger partial charge in [-0.3, -0.25) is 4.79 Å². The average molecular weight is 484 g/mol. The van der Waals surface area contributed by atoms with E-state index in [9.17, 15) is 9.59 Å². The van der Waals surface area contributed by atoms with Gasteiger partial charge in [-0.05, 0) is 48.2 Å². The molecule has 0 fully saturated rings. The summed E-state index contributed by atoms with van der Waals surface area (Å²) in [5, 5.41) is 0. The molecule has 3 aromatic carbocycles. The lowest BCUT2D eigenvalue weighted by atomic mass is 10.0. The number of hydrogen-bond donors (Lipinski definition) is 0. The minimum atomic E-state index is -0.538. The van der Waals surface area contributed by atoms with E-state index in [1.807, 2.05) is 66.7 Å². The highest BCUT2D eigenvalue weighted by Crippen LogP contribution is 2.34. The minimum absolute atomic E-state index is 0.229. The Morgan fingerprint density at radius 3 is 2.19 bits per heavy atom. The van der Waals surface area contributed by atoms with Gasteiger partial charge in [0.15, 0.2) is 11.5 Å². The van der Waals surface area contributed by atoms with Crippen LogP contribution in [0.3, 0.4) is 0 Å². The molecule has 0 saturated carbocycles. The van der Waals surface area contributed by atoms with Crippen LogP contribution in [-0.4, -0.2) is 37.5 Å². The number of allylic oxidation sites excluding steroid dienone is 1. The Hall–Kier alpha value is -4.32. The van der Waals surface area contributed by atoms with E-state index < -0.39 is 5.97 Å². The maximum atomic E-state index is 13.4. The predicted molar refractivity (Wildman–Crippen MR) is 138 cm³/mol. The number of ether oxygens (including phenoxy) is 3. The summed E-state index contributed by atoms with van der Waals surface area (Å²) >= 11 is 0. The molecule has 0 aliphatic carbocycles. The van der Waals surface area contributed by atoms with E-state index in [1.165, 1.54) is 7.11 Å². The summed E-state index contributed by atoms with van der Waals surface area (Å²) in [6, 6.07) is 25.2. The molecule has 0 N–H and O–H groups in total. The van der Waals surface area contributed by atoms with Crippen LogP contribution in [0, 0.1) is 0 Å². The lowest BCUT2D eigenvalue weighted by Gasteiger charge is -2.17. The minimum Gasteiger partial charge on any atom is -0.493 e. The zero-order valence-electron chi connectivity index (χ0n) is 20.7. The molecule has 0 atom stereocenters. The Bertz CT molecular complexity index is 1300. The molecule has 1 aliphatic heterocycles. The number of carbonyl (C=O) groups is 2. The summed E-state index contributed by atoms with van der Waals surface area (Å²) in [5.41, 5.74) is 4.03. The predicted octanol–water partition coefficient (Wildman–Crippen LogP) is 5.19. The van der Waals surface area contributed by atoms with Crippen molar-refractivity contribution < 1.29 is 23.8 Å². The van der Waals surface area contributed by atoms with Gasteiger partial charge in [-0.1, -0.05) is 66.7 Å². The van der Waals surface area contributed by atoms with E-state index in [0.717, 1.165) is 11.1 Å². The molecule has 36 heavy (non-hydrogen) atoms. The van der Waals surface area contributed by atoms with Crippen molar-refractivity contribution in [3.05, 3.63) is 112 Å². The van der Waals surface area contributed by atoms with Gasteiger partial charge < -0.3 is 19.1 Å². The summed E-state index contributed by atoms with van der Waals surface area (Å²) in [4.78, 5) is 27.7. The number of carbonyl (C=O) groups excluding carboxylic acids is 2. The Kier molecular flexibility index (Phi) is 7.85. The van der Waals surface area contributed by atoms with Crippen LogP contribution >= 0.6 is 0 Å². The van der Waals surface area contributed by atoms with E-state index in [0.29, 0.717) is 47.9 Å². The zero-order valence-corrected chi connectivity index (χ0v) is 20.7. The third kappa shape index (κ3) is 5.49. The molecular weight excluding hydrogens is 454 g/mol. The molecule has 184 valence electrons. The van der Waals surface area contributed by atoms with Crippen molar-refractivity contribution >= 4 is 18.0 Å². The van der Waals surface area contributed by atoms with E-state index in [-0.39, 0.29) is 11.5 Å². The molecule has 1 amide bonds. The largest absolute Gasteiger partial charge is 0.493 e. The molecule has 0 spiro atoms. The third-order valence-corrected chi connectivity index (χ3v) is 6.10. The molecule has 0 unspecified atom stereocenters. The van der Waals surface area contributed by atoms with Gasteiger partial charge in [-0.15, -0.1) is 0 Å². The Labute approximate surface area is 211 Å². The number of amides is 1. The van der Waals surface area contributed by atoms with Gasteiger partial charge >= 0.3 is 5.97 Å². The van der Waals surface area contributed by atoms with Gasteiger partial charge in [0, 0.05) is 12.2 Å². The second kappa shape index (κ2) is 11.4. The molecule has 0 saturated heterocycles. The molecule has 6 nitrogen and oxygen atoms in total. The summed E-state index contributed by atoms with van der Waals surface area (Å²) in [7, 11) is 2.89. The fourth-order valence-electron chi connectivity index (χ4n) is 4.18. The number of esters is 1. The topological polar surface area (TPSA) is 65.1 Å². The van der Waals surface area contributed by atoms with Crippen LogP contribution < -0.4 is 9.47 Å². The first kappa shape index (κ1) is 24.8. The van der Waals surface area contributed by atoms with Gasteiger partial charge in [0.2, 0.25) is 0 Å². The Morgan fingerprint density at radius 1 is 0.889 bits per heavy atom. The molecule has 3 aromatic rings. The molecule has 0 bridgehead atoms. The molecule has 0 radical (unpaired) electrons. The monoisotopic (exact) mass is 483 g/mol. The van der Waals surface area contributed by atoms with Crippen LogP contribution in [-0.2, 0) is 27.4 Å². The van der Waals surface area contributed by atoms with Crippen molar-refractivity contribution in [3.63, 3.8) is 0 Å². The van der Waals surface area contributed by atoms with Crippen LogP contribution in [0.15, 0.2) is 95.7 Å². The number of hydrogen-bond acceptors (Lipinski definition) is 5. The Morgan fingerprint density at radius 2 is 1.56 bits per heavy atom. The lowest BCUT2D eigenvalue weighted by molar-refractivity contribution is -0.136. The van der Waals surface area contributed by atoms with Crippen molar-refractivity contribution in [1.29, 1.82) is 0 Å². The van der Waals surface area contributed by atoms with Crippen LogP contribution in [0.2, 0.25) is 0 Å². The highest BCUT2D eigenvalue weighted by Gasteiger charge is 2.36. The SMILES string of the molecule is COC(=O)C1=C(C)N(CCc2ccccc2)C(=O)/C1=C\c1ccc(OCc2ccccc2)c(OC)c1. The maximum absolute atomic E-state index is 13.4. The van der Waals surface area contributed by atoms with E-state index >= 15 is 0 Å². The first-order chi connectivity index (χ1) is 17.5. The first-order valence-electron chi connectivity index (χ1n) is 11.7. The molecule has 6 heteroatoms. The van der Waals surface area contributed by atoms with Gasteiger partial charge in [0.05, 0.1) is 25.4 Å². The van der Waals surface area contributed by atoms with E-state index in [1.54, 1.807) is 37.1 Å². The standard InChI is InChI=1S/C30H29NO5/c1-21-28(30(33)35-3)25(29(32)31(21)17-16-22-10-6-4-7-11-22)18-24-14-15-26(27(19-24)34-2)36-20-23-12-8-5-9-13-23/h4-15,18-19H,16-17,20H2,1-3H3/b25-18-. The van der Waals surface area contributed by atoms with Crippen LogP contribution in [0.4, 0.5) is 0 Å². The van der Waals surface area contributed by atoms with Crippen LogP contribution in [0.1, 0.15) is 23.6 Å². The molecule has 1 aliphatic rings. The molecule has 0 aromatic heterocycles. The summed E-state index contributed by atoms with van der Waals surface area (Å²) in [6.07, 6.45) is 2.37. The number of rotatable bonds is 9. The van der Waals surface area contributed by atoms with Gasteiger partial charge in [-0.2, -0.15) is 0 Å². The first-order valence-corrected chi connectivity index (χ1v) is 11.7. The van der Waals surface area contributed by atoms with Crippen molar-refractivity contribution in [2.75, 3.05) is 20.8 Å². The third-order valence-electron chi connectivity index (χ3n) is 6.10. The summed E-state index contributed by atoms with van der Waals surface area (Å²) in [5.74, 6) is 0.355. The quantitative estimate of drug-likeness (QED) is 0.310. The van der Waals surface area contributed by atoms with Crippen molar-refractivity contribution in [2.24, 2.45) is 0 Å². The molecule has 4 rings (SSSR count). The second-order valence-corrected chi connectivity index (χ2v) is 8.39. The van der Waals surface area contributed by atoms with Crippen LogP contribution in [0.5, 0.6) is 11.5 Å². The van der Waals surface area contributed by atoms with Crippen molar-refractivity contribution in [1.82, 2.24) is 4.90 Å². The molecular formula is C30H29NO5. The highest BCUT2D eigenvalue weighted by atomic mass is 16.5. The maximum Gasteiger partial charge on any atom is 0.340 e. The van der Waals surface area contributed by atoms with Crippen molar-refractivity contribution in [3.8, 4) is 11.5 Å². The summed E-state index contributed by atoms with van der Waals surface area (Å²) in [6.45, 7) is 2.64. The van der Waals surface area contributed by atoms with E-state index in [2.05, 4.69) is 0 Å². The number of benzene rings is 3. The van der Waals surface area contributed by atoms with Crippen molar-refractivity contribution in [2.45, 2.75) is 20.0 Å². The lowest BCUT2D eigenvalue weighted by Crippen LogP contribution is -2.27. The fourth-order valence-corrected chi connectivity index (χ4v) is 4.18. The van der Waals surface area contributed by atoms with Gasteiger partial charge in [-0.25, -0.2) is 4.79 Å². The van der Waals surface area contributed by atoms with Gasteiger partial charge in [0.1, 0.15) is 6.61 Å². The highest BCUT2D eigenvalue weighted by molar-refractivity contribution is 6.16. The van der Waals surface area contributed by atoms with Crippen LogP contribution in [0.25, 0.3) is 6.08 Å². The number of nitrogens with zero attached hydrogens (tertiary/aromatic N) is 1. The number of methoxy groups -OCH3 is 2. The molecule has 1 heterocycles. The normalized spacial score (nSPS) is 14.4. The fraction of sp³-hybridized carbons (Fsp3) is 0.200.